The van der Waals surface area contributed by atoms with E-state index in [0.717, 1.165) is 22.4 Å². The number of benzene rings is 3. The van der Waals surface area contributed by atoms with Crippen molar-refractivity contribution in [3.8, 4) is 11.5 Å². The number of methoxy groups -OCH3 is 1. The minimum atomic E-state index is -2.94. The Morgan fingerprint density at radius 1 is 1.00 bits per heavy atom. The van der Waals surface area contributed by atoms with Gasteiger partial charge in [0.2, 0.25) is 16.8 Å². The predicted octanol–water partition coefficient (Wildman–Crippen LogP) is 2.84. The third-order valence-electron chi connectivity index (χ3n) is 6.02. The van der Waals surface area contributed by atoms with Crippen molar-refractivity contribution in [2.45, 2.75) is 44.9 Å². The summed E-state index contributed by atoms with van der Waals surface area (Å²) in [5.74, 6) is 0.451. The van der Waals surface area contributed by atoms with Crippen molar-refractivity contribution in [3.63, 3.8) is 0 Å². The maximum atomic E-state index is 12.5. The molecule has 0 fully saturated rings. The van der Waals surface area contributed by atoms with Gasteiger partial charge in [-0.3, -0.25) is 9.52 Å². The van der Waals surface area contributed by atoms with E-state index in [1.165, 1.54) is 12.1 Å². The first kappa shape index (κ1) is 29.0. The Labute approximate surface area is 225 Å². The Kier molecular flexibility index (Phi) is 10.1. The van der Waals surface area contributed by atoms with Crippen molar-refractivity contribution in [1.29, 1.82) is 0 Å². The second kappa shape index (κ2) is 13.3. The van der Waals surface area contributed by atoms with Crippen LogP contribution in [0.25, 0.3) is 0 Å². The van der Waals surface area contributed by atoms with E-state index >= 15 is 0 Å². The third-order valence-corrected chi connectivity index (χ3v) is 6.44. The van der Waals surface area contributed by atoms with E-state index in [-0.39, 0.29) is 35.8 Å². The van der Waals surface area contributed by atoms with Gasteiger partial charge in [0.25, 0.3) is 0 Å². The van der Waals surface area contributed by atoms with E-state index < -0.39 is 17.0 Å². The summed E-state index contributed by atoms with van der Waals surface area (Å²) in [6.07, 6.45) is -0.00581. The SMILES string of the molecule is COc1cccc(CNC(=O)Cc2cccc(CC(C)(C)NC[C@H](O)c3ccc(O)c(N[SH](=O)=O)c3)c2)c1. The molecule has 1 amide bonds. The summed E-state index contributed by atoms with van der Waals surface area (Å²) in [7, 11) is -1.33. The smallest absolute Gasteiger partial charge is 0.224 e. The molecule has 3 rings (SSSR count). The fourth-order valence-corrected chi connectivity index (χ4v) is 4.47. The van der Waals surface area contributed by atoms with Crippen molar-refractivity contribution >= 4 is 22.5 Å². The van der Waals surface area contributed by atoms with Crippen LogP contribution in [0.15, 0.2) is 66.7 Å². The van der Waals surface area contributed by atoms with Gasteiger partial charge >= 0.3 is 0 Å². The van der Waals surface area contributed by atoms with Gasteiger partial charge in [-0.25, -0.2) is 8.42 Å². The van der Waals surface area contributed by atoms with Crippen LogP contribution >= 0.6 is 0 Å². The van der Waals surface area contributed by atoms with E-state index in [1.54, 1.807) is 13.2 Å². The number of nitrogens with one attached hydrogen (secondary N) is 3. The molecule has 38 heavy (non-hydrogen) atoms. The van der Waals surface area contributed by atoms with Crippen LogP contribution in [0, 0.1) is 0 Å². The number of amides is 1. The number of aliphatic hydroxyl groups is 1. The van der Waals surface area contributed by atoms with Crippen LogP contribution in [0.1, 0.15) is 42.2 Å². The summed E-state index contributed by atoms with van der Waals surface area (Å²) >= 11 is 0. The van der Waals surface area contributed by atoms with Crippen molar-refractivity contribution in [3.05, 3.63) is 89.0 Å². The highest BCUT2D eigenvalue weighted by molar-refractivity contribution is 7.73. The lowest BCUT2D eigenvalue weighted by atomic mass is 9.93. The molecule has 0 heterocycles. The fraction of sp³-hybridized carbons (Fsp3) is 0.321. The van der Waals surface area contributed by atoms with Gasteiger partial charge < -0.3 is 25.6 Å². The summed E-state index contributed by atoms with van der Waals surface area (Å²) in [5, 5.41) is 26.7. The molecule has 3 aromatic carbocycles. The molecule has 0 saturated heterocycles. The number of ether oxygens (including phenoxy) is 1. The number of phenols is 1. The van der Waals surface area contributed by atoms with E-state index in [4.69, 9.17) is 4.74 Å². The molecule has 0 aliphatic carbocycles. The van der Waals surface area contributed by atoms with Crippen LogP contribution in [0.2, 0.25) is 0 Å². The molecule has 0 aromatic heterocycles. The molecular formula is C28H35N3O6S. The zero-order valence-electron chi connectivity index (χ0n) is 21.7. The molecule has 5 N–H and O–H groups in total. The second-order valence-electron chi connectivity index (χ2n) is 9.73. The molecule has 0 radical (unpaired) electrons. The van der Waals surface area contributed by atoms with E-state index in [2.05, 4.69) is 15.4 Å². The van der Waals surface area contributed by atoms with Gasteiger partial charge in [0.1, 0.15) is 11.5 Å². The van der Waals surface area contributed by atoms with Crippen molar-refractivity contribution in [2.24, 2.45) is 0 Å². The fourth-order valence-electron chi connectivity index (χ4n) is 4.09. The third kappa shape index (κ3) is 9.05. The van der Waals surface area contributed by atoms with Crippen LogP contribution in [0.4, 0.5) is 5.69 Å². The number of aliphatic hydroxyl groups excluding tert-OH is 1. The van der Waals surface area contributed by atoms with Crippen LogP contribution in [0.5, 0.6) is 11.5 Å². The summed E-state index contributed by atoms with van der Waals surface area (Å²) < 4.78 is 29.3. The van der Waals surface area contributed by atoms with Crippen LogP contribution < -0.4 is 20.1 Å². The first-order valence-electron chi connectivity index (χ1n) is 12.2. The van der Waals surface area contributed by atoms with Gasteiger partial charge in [-0.2, -0.15) is 0 Å². The van der Waals surface area contributed by atoms with E-state index in [9.17, 15) is 23.4 Å². The minimum Gasteiger partial charge on any atom is -0.506 e. The molecule has 3 aromatic rings. The Balaban J connectivity index is 1.54. The average Bonchev–Trinajstić information content (AvgIpc) is 2.87. The normalized spacial score (nSPS) is 12.2. The highest BCUT2D eigenvalue weighted by atomic mass is 32.2. The first-order valence-corrected chi connectivity index (χ1v) is 13.4. The number of hydrogen-bond acceptors (Lipinski definition) is 7. The Bertz CT molecular complexity index is 1320. The quantitative estimate of drug-likeness (QED) is 0.145. The van der Waals surface area contributed by atoms with Crippen molar-refractivity contribution in [2.75, 3.05) is 18.4 Å². The lowest BCUT2D eigenvalue weighted by Gasteiger charge is -2.28. The molecule has 1 atom stereocenters. The number of hydrogen-bond donors (Lipinski definition) is 6. The molecule has 9 nitrogen and oxygen atoms in total. The molecule has 10 heteroatoms. The summed E-state index contributed by atoms with van der Waals surface area (Å²) in [4.78, 5) is 12.5. The predicted molar refractivity (Wildman–Crippen MR) is 148 cm³/mol. The lowest BCUT2D eigenvalue weighted by Crippen LogP contribution is -2.43. The van der Waals surface area contributed by atoms with Crippen LogP contribution in [0.3, 0.4) is 0 Å². The zero-order chi connectivity index (χ0) is 27.7. The molecule has 204 valence electrons. The Hall–Kier alpha value is -3.60. The summed E-state index contributed by atoms with van der Waals surface area (Å²) in [6, 6.07) is 19.7. The van der Waals surface area contributed by atoms with Gasteiger partial charge in [0.15, 0.2) is 0 Å². The molecular weight excluding hydrogens is 506 g/mol. The molecule has 0 bridgehead atoms. The molecule has 0 unspecified atom stereocenters. The standard InChI is InChI=1S/C28H35N3O6S/c1-28(2,30-18-26(33)22-10-11-25(32)24(15-22)31-38(35)36)16-20-7-4-6-19(12-20)14-27(34)29-17-21-8-5-9-23(13-21)37-3/h4-13,15,26,30,32-33,38H,14,16-18H2,1-3H3,(H,29,34)(H,31,35,36)/t26-/m0/s1. The molecule has 0 spiro atoms. The van der Waals surface area contributed by atoms with Crippen molar-refractivity contribution < 1.29 is 28.2 Å². The number of β-amino-alcohol motifs (C(OH)–C–C–N with tert-alkyl or cyclic N) is 1. The van der Waals surface area contributed by atoms with Gasteiger partial charge in [-0.15, -0.1) is 0 Å². The maximum Gasteiger partial charge on any atom is 0.224 e. The highest BCUT2D eigenvalue weighted by Gasteiger charge is 2.21. The number of thiol groups is 1. The maximum absolute atomic E-state index is 12.5. The molecule has 0 saturated carbocycles. The molecule has 0 aliphatic heterocycles. The summed E-state index contributed by atoms with van der Waals surface area (Å²) in [6.45, 7) is 4.66. The summed E-state index contributed by atoms with van der Waals surface area (Å²) in [5.41, 5.74) is 3.01. The van der Waals surface area contributed by atoms with Crippen LogP contribution in [-0.4, -0.2) is 43.7 Å². The van der Waals surface area contributed by atoms with Gasteiger partial charge in [0, 0.05) is 18.6 Å². The zero-order valence-corrected chi connectivity index (χ0v) is 22.6. The second-order valence-corrected chi connectivity index (χ2v) is 10.5. The van der Waals surface area contributed by atoms with E-state index in [1.807, 2.05) is 62.4 Å². The van der Waals surface area contributed by atoms with Gasteiger partial charge in [-0.05, 0) is 66.8 Å². The topological polar surface area (TPSA) is 137 Å². The minimum absolute atomic E-state index is 0.0151. The van der Waals surface area contributed by atoms with Crippen LogP contribution in [-0.2, 0) is 35.1 Å². The first-order chi connectivity index (χ1) is 18.0. The largest absolute Gasteiger partial charge is 0.506 e. The van der Waals surface area contributed by atoms with Gasteiger partial charge in [0.05, 0.1) is 25.3 Å². The van der Waals surface area contributed by atoms with E-state index in [0.29, 0.717) is 18.5 Å². The van der Waals surface area contributed by atoms with Crippen molar-refractivity contribution in [1.82, 2.24) is 10.6 Å². The number of anilines is 1. The number of phenolic OH excluding ortho intramolecular Hbond substituents is 1. The monoisotopic (exact) mass is 541 g/mol. The van der Waals surface area contributed by atoms with Gasteiger partial charge in [-0.1, -0.05) is 42.5 Å². The highest BCUT2D eigenvalue weighted by Crippen LogP contribution is 2.27. The molecule has 0 aliphatic rings. The number of carbonyl (C=O) groups excluding carboxylic acids is 1. The Morgan fingerprint density at radius 3 is 2.45 bits per heavy atom. The number of carbonyl (C=O) groups is 1. The number of rotatable bonds is 13. The number of aromatic hydroxyl groups is 1. The lowest BCUT2D eigenvalue weighted by molar-refractivity contribution is -0.120. The average molecular weight is 542 g/mol. The Morgan fingerprint density at radius 2 is 1.71 bits per heavy atom.